The van der Waals surface area contributed by atoms with E-state index in [0.717, 1.165) is 5.92 Å². The Morgan fingerprint density at radius 2 is 2.07 bits per heavy atom. The minimum Gasteiger partial charge on any atom is -0.271 e. The first-order valence-corrected chi connectivity index (χ1v) is 5.90. The Hall–Kier alpha value is -0.340. The minimum atomic E-state index is 0.317. The molecule has 0 spiro atoms. The summed E-state index contributed by atoms with van der Waals surface area (Å²) in [6, 6.07) is 0.317. The van der Waals surface area contributed by atoms with Crippen molar-refractivity contribution in [2.24, 2.45) is 17.7 Å². The van der Waals surface area contributed by atoms with Crippen molar-refractivity contribution in [2.75, 3.05) is 0 Å². The molecule has 1 rings (SSSR count). The molecule has 1 fully saturated rings. The fourth-order valence-corrected chi connectivity index (χ4v) is 2.64. The molecule has 0 saturated heterocycles. The van der Waals surface area contributed by atoms with E-state index in [1.807, 2.05) is 6.08 Å². The van der Waals surface area contributed by atoms with Crippen LogP contribution in [0.4, 0.5) is 0 Å². The molecule has 0 aromatic carbocycles. The van der Waals surface area contributed by atoms with Gasteiger partial charge in [0, 0.05) is 6.04 Å². The van der Waals surface area contributed by atoms with Crippen LogP contribution in [0.25, 0.3) is 0 Å². The van der Waals surface area contributed by atoms with E-state index in [-0.39, 0.29) is 0 Å². The monoisotopic (exact) mass is 196 g/mol. The maximum Gasteiger partial charge on any atom is 0.0416 e. The van der Waals surface area contributed by atoms with Gasteiger partial charge in [-0.3, -0.25) is 11.3 Å². The van der Waals surface area contributed by atoms with Crippen LogP contribution in [0.3, 0.4) is 0 Å². The predicted octanol–water partition coefficient (Wildman–Crippen LogP) is 2.61. The average Bonchev–Trinajstić information content (AvgIpc) is 2.23. The van der Waals surface area contributed by atoms with Crippen molar-refractivity contribution < 1.29 is 0 Å². The van der Waals surface area contributed by atoms with Gasteiger partial charge < -0.3 is 0 Å². The van der Waals surface area contributed by atoms with Gasteiger partial charge >= 0.3 is 0 Å². The highest BCUT2D eigenvalue weighted by atomic mass is 15.2. The van der Waals surface area contributed by atoms with Gasteiger partial charge in [-0.05, 0) is 24.7 Å². The summed E-state index contributed by atoms with van der Waals surface area (Å²) >= 11 is 0. The van der Waals surface area contributed by atoms with Crippen LogP contribution in [-0.2, 0) is 0 Å². The summed E-state index contributed by atoms with van der Waals surface area (Å²) in [5, 5.41) is 0. The van der Waals surface area contributed by atoms with Gasteiger partial charge in [0.25, 0.3) is 0 Å². The van der Waals surface area contributed by atoms with Crippen molar-refractivity contribution in [1.82, 2.24) is 5.43 Å². The third-order valence-corrected chi connectivity index (χ3v) is 3.54. The molecule has 0 aromatic rings. The van der Waals surface area contributed by atoms with Crippen molar-refractivity contribution in [3.05, 3.63) is 12.7 Å². The normalized spacial score (nSPS) is 29.9. The average molecular weight is 196 g/mol. The van der Waals surface area contributed by atoms with E-state index in [0.29, 0.717) is 12.0 Å². The fraction of sp³-hybridized carbons (Fsp3) is 0.833. The lowest BCUT2D eigenvalue weighted by Crippen LogP contribution is -2.40. The maximum atomic E-state index is 5.49. The Kier molecular flexibility index (Phi) is 5.20. The SMILES string of the molecule is C=CC(NN)C1CCC(CCC)CC1. The van der Waals surface area contributed by atoms with Crippen molar-refractivity contribution in [3.8, 4) is 0 Å². The van der Waals surface area contributed by atoms with Gasteiger partial charge in [0.15, 0.2) is 0 Å². The Bertz CT molecular complexity index is 160. The second-order valence-electron chi connectivity index (χ2n) is 4.50. The van der Waals surface area contributed by atoms with Crippen LogP contribution in [0.1, 0.15) is 45.4 Å². The standard InChI is InChI=1S/C12H24N2/c1-3-5-10-6-8-11(9-7-10)12(4-2)14-13/h4,10-12,14H,2-3,5-9,13H2,1H3. The molecule has 1 aliphatic carbocycles. The molecule has 0 bridgehead atoms. The van der Waals surface area contributed by atoms with Gasteiger partial charge in [0.05, 0.1) is 0 Å². The van der Waals surface area contributed by atoms with Crippen LogP contribution in [-0.4, -0.2) is 6.04 Å². The van der Waals surface area contributed by atoms with Crippen LogP contribution in [0.2, 0.25) is 0 Å². The highest BCUT2D eigenvalue weighted by Crippen LogP contribution is 2.33. The summed E-state index contributed by atoms with van der Waals surface area (Å²) in [5.41, 5.74) is 2.85. The number of rotatable bonds is 5. The number of hydrogen-bond acceptors (Lipinski definition) is 2. The molecule has 1 aliphatic rings. The molecular formula is C12H24N2. The molecule has 2 nitrogen and oxygen atoms in total. The van der Waals surface area contributed by atoms with Gasteiger partial charge in [0.1, 0.15) is 0 Å². The van der Waals surface area contributed by atoms with E-state index in [4.69, 9.17) is 5.84 Å². The Labute approximate surface area is 87.9 Å². The van der Waals surface area contributed by atoms with Gasteiger partial charge in [-0.1, -0.05) is 38.7 Å². The quantitative estimate of drug-likeness (QED) is 0.403. The molecule has 1 unspecified atom stereocenters. The first-order valence-electron chi connectivity index (χ1n) is 5.90. The predicted molar refractivity (Wildman–Crippen MR) is 61.7 cm³/mol. The van der Waals surface area contributed by atoms with E-state index in [9.17, 15) is 0 Å². The maximum absolute atomic E-state index is 5.49. The van der Waals surface area contributed by atoms with Crippen molar-refractivity contribution in [1.29, 1.82) is 0 Å². The lowest BCUT2D eigenvalue weighted by molar-refractivity contribution is 0.233. The highest BCUT2D eigenvalue weighted by Gasteiger charge is 2.24. The van der Waals surface area contributed by atoms with Crippen LogP contribution in [0.15, 0.2) is 12.7 Å². The largest absolute Gasteiger partial charge is 0.271 e. The van der Waals surface area contributed by atoms with E-state index in [1.165, 1.54) is 38.5 Å². The first-order chi connectivity index (χ1) is 6.81. The van der Waals surface area contributed by atoms with Gasteiger partial charge in [-0.2, -0.15) is 0 Å². The van der Waals surface area contributed by atoms with Crippen molar-refractivity contribution in [3.63, 3.8) is 0 Å². The molecule has 3 N–H and O–H groups in total. The van der Waals surface area contributed by atoms with Crippen LogP contribution in [0, 0.1) is 11.8 Å². The van der Waals surface area contributed by atoms with E-state index in [1.54, 1.807) is 0 Å². The highest BCUT2D eigenvalue weighted by molar-refractivity contribution is 4.91. The lowest BCUT2D eigenvalue weighted by atomic mass is 9.77. The van der Waals surface area contributed by atoms with E-state index in [2.05, 4.69) is 18.9 Å². The molecule has 82 valence electrons. The van der Waals surface area contributed by atoms with E-state index >= 15 is 0 Å². The number of hydrazine groups is 1. The van der Waals surface area contributed by atoms with Crippen LogP contribution in [0.5, 0.6) is 0 Å². The first kappa shape index (κ1) is 11.7. The summed E-state index contributed by atoms with van der Waals surface area (Å²) < 4.78 is 0. The lowest BCUT2D eigenvalue weighted by Gasteiger charge is -2.32. The molecule has 0 aromatic heterocycles. The molecule has 2 heteroatoms. The molecule has 14 heavy (non-hydrogen) atoms. The third kappa shape index (κ3) is 3.10. The van der Waals surface area contributed by atoms with Gasteiger partial charge in [0.2, 0.25) is 0 Å². The Balaban J connectivity index is 2.30. The third-order valence-electron chi connectivity index (χ3n) is 3.54. The summed E-state index contributed by atoms with van der Waals surface area (Å²) in [6.45, 7) is 6.10. The Morgan fingerprint density at radius 3 is 2.50 bits per heavy atom. The smallest absolute Gasteiger partial charge is 0.0416 e. The molecular weight excluding hydrogens is 172 g/mol. The van der Waals surface area contributed by atoms with Crippen molar-refractivity contribution in [2.45, 2.75) is 51.5 Å². The molecule has 1 saturated carbocycles. The molecule has 0 amide bonds. The number of hydrogen-bond donors (Lipinski definition) is 2. The molecule has 1 atom stereocenters. The van der Waals surface area contributed by atoms with Gasteiger partial charge in [-0.15, -0.1) is 6.58 Å². The summed E-state index contributed by atoms with van der Waals surface area (Å²) in [7, 11) is 0. The zero-order valence-electron chi connectivity index (χ0n) is 9.34. The van der Waals surface area contributed by atoms with Crippen LogP contribution >= 0.6 is 0 Å². The van der Waals surface area contributed by atoms with Gasteiger partial charge in [-0.25, -0.2) is 0 Å². The molecule has 0 radical (unpaired) electrons. The second-order valence-corrected chi connectivity index (χ2v) is 4.50. The zero-order chi connectivity index (χ0) is 10.4. The summed E-state index contributed by atoms with van der Waals surface area (Å²) in [5.74, 6) is 7.17. The zero-order valence-corrected chi connectivity index (χ0v) is 9.34. The molecule has 0 aliphatic heterocycles. The molecule has 0 heterocycles. The van der Waals surface area contributed by atoms with E-state index < -0.39 is 0 Å². The number of nitrogens with two attached hydrogens (primary N) is 1. The topological polar surface area (TPSA) is 38.0 Å². The van der Waals surface area contributed by atoms with Crippen molar-refractivity contribution >= 4 is 0 Å². The minimum absolute atomic E-state index is 0.317. The summed E-state index contributed by atoms with van der Waals surface area (Å²) in [6.07, 6.45) is 10.1. The van der Waals surface area contributed by atoms with Crippen LogP contribution < -0.4 is 11.3 Å². The fourth-order valence-electron chi connectivity index (χ4n) is 2.64. The summed E-state index contributed by atoms with van der Waals surface area (Å²) in [4.78, 5) is 0. The Morgan fingerprint density at radius 1 is 1.43 bits per heavy atom. The second kappa shape index (κ2) is 6.20. The number of nitrogens with one attached hydrogen (secondary N) is 1.